The van der Waals surface area contributed by atoms with E-state index in [9.17, 15) is 4.39 Å². The summed E-state index contributed by atoms with van der Waals surface area (Å²) in [6.45, 7) is 5.86. The Morgan fingerprint density at radius 1 is 1.21 bits per heavy atom. The average Bonchev–Trinajstić information content (AvgIpc) is 2.72. The summed E-state index contributed by atoms with van der Waals surface area (Å²) >= 11 is 0. The highest BCUT2D eigenvalue weighted by atomic mass is 19.1. The van der Waals surface area contributed by atoms with Crippen molar-refractivity contribution in [3.8, 4) is 5.75 Å². The third-order valence-electron chi connectivity index (χ3n) is 5.16. The van der Waals surface area contributed by atoms with Gasteiger partial charge in [0.15, 0.2) is 12.8 Å². The zero-order chi connectivity index (χ0) is 19.3. The van der Waals surface area contributed by atoms with Crippen molar-refractivity contribution in [2.24, 2.45) is 4.99 Å². The fraction of sp³-hybridized carbons (Fsp3) is 0.409. The fourth-order valence-corrected chi connectivity index (χ4v) is 3.83. The smallest absolute Gasteiger partial charge is 0.194 e. The van der Waals surface area contributed by atoms with Gasteiger partial charge in [0.25, 0.3) is 0 Å². The highest BCUT2D eigenvalue weighted by Crippen LogP contribution is 2.29. The zero-order valence-electron chi connectivity index (χ0n) is 16.2. The standard InChI is InChI=1S/C22H26FN3O2/c1-2-24-22(26-10-8-16-5-3-4-6-18(16)13-26)25-9-7-17-11-20(23)12-19-14-27-15-28-21(17)19/h3-6,11-12H,2,7-10,13-15H2,1H3,(H,24,25). The number of hydrogen-bond donors (Lipinski definition) is 1. The van der Waals surface area contributed by atoms with Gasteiger partial charge in [-0.05, 0) is 48.6 Å². The summed E-state index contributed by atoms with van der Waals surface area (Å²) in [6.07, 6.45) is 1.64. The molecule has 148 valence electrons. The predicted molar refractivity (Wildman–Crippen MR) is 107 cm³/mol. The molecule has 0 bridgehead atoms. The number of rotatable bonds is 4. The lowest BCUT2D eigenvalue weighted by molar-refractivity contribution is -0.0172. The monoisotopic (exact) mass is 383 g/mol. The van der Waals surface area contributed by atoms with E-state index in [2.05, 4.69) is 41.4 Å². The lowest BCUT2D eigenvalue weighted by Gasteiger charge is -2.31. The maximum Gasteiger partial charge on any atom is 0.194 e. The zero-order valence-corrected chi connectivity index (χ0v) is 16.2. The molecule has 2 aliphatic heterocycles. The number of guanidine groups is 1. The number of ether oxygens (including phenoxy) is 2. The van der Waals surface area contributed by atoms with Crippen LogP contribution >= 0.6 is 0 Å². The lowest BCUT2D eigenvalue weighted by atomic mass is 10.0. The van der Waals surface area contributed by atoms with E-state index in [0.29, 0.717) is 19.6 Å². The molecule has 0 aromatic heterocycles. The van der Waals surface area contributed by atoms with Gasteiger partial charge in [-0.3, -0.25) is 4.99 Å². The van der Waals surface area contributed by atoms with Crippen molar-refractivity contribution >= 4 is 5.96 Å². The van der Waals surface area contributed by atoms with Gasteiger partial charge in [0, 0.05) is 31.7 Å². The summed E-state index contributed by atoms with van der Waals surface area (Å²) < 4.78 is 24.8. The quantitative estimate of drug-likeness (QED) is 0.650. The minimum absolute atomic E-state index is 0.213. The Morgan fingerprint density at radius 2 is 2.07 bits per heavy atom. The minimum Gasteiger partial charge on any atom is -0.467 e. The van der Waals surface area contributed by atoms with Crippen LogP contribution in [0.1, 0.15) is 29.2 Å². The van der Waals surface area contributed by atoms with Crippen LogP contribution in [0.5, 0.6) is 5.75 Å². The molecule has 5 nitrogen and oxygen atoms in total. The first-order chi connectivity index (χ1) is 13.7. The number of nitrogens with zero attached hydrogens (tertiary/aromatic N) is 2. The van der Waals surface area contributed by atoms with E-state index in [1.54, 1.807) is 6.07 Å². The predicted octanol–water partition coefficient (Wildman–Crippen LogP) is 3.26. The molecule has 0 radical (unpaired) electrons. The molecular formula is C22H26FN3O2. The molecule has 0 aliphatic carbocycles. The molecule has 0 saturated heterocycles. The highest BCUT2D eigenvalue weighted by molar-refractivity contribution is 5.80. The van der Waals surface area contributed by atoms with Crippen molar-refractivity contribution < 1.29 is 13.9 Å². The number of halogens is 1. The maximum atomic E-state index is 13.9. The molecule has 0 unspecified atom stereocenters. The summed E-state index contributed by atoms with van der Waals surface area (Å²) in [5.41, 5.74) is 4.39. The second-order valence-electron chi connectivity index (χ2n) is 7.09. The minimum atomic E-state index is -0.258. The Labute approximate surface area is 165 Å². The Kier molecular flexibility index (Phi) is 5.76. The molecule has 0 amide bonds. The molecule has 2 heterocycles. The largest absolute Gasteiger partial charge is 0.467 e. The van der Waals surface area contributed by atoms with E-state index in [1.165, 1.54) is 17.2 Å². The molecular weight excluding hydrogens is 357 g/mol. The molecule has 0 spiro atoms. The summed E-state index contributed by atoms with van der Waals surface area (Å²) in [6, 6.07) is 11.6. The molecule has 0 atom stereocenters. The topological polar surface area (TPSA) is 46.1 Å². The van der Waals surface area contributed by atoms with Gasteiger partial charge in [-0.1, -0.05) is 24.3 Å². The van der Waals surface area contributed by atoms with Crippen molar-refractivity contribution in [1.29, 1.82) is 0 Å². The summed E-state index contributed by atoms with van der Waals surface area (Å²) in [4.78, 5) is 7.10. The van der Waals surface area contributed by atoms with Crippen molar-refractivity contribution in [1.82, 2.24) is 10.2 Å². The van der Waals surface area contributed by atoms with E-state index in [4.69, 9.17) is 14.5 Å². The second-order valence-corrected chi connectivity index (χ2v) is 7.09. The van der Waals surface area contributed by atoms with E-state index in [1.807, 2.05) is 0 Å². The van der Waals surface area contributed by atoms with Gasteiger partial charge >= 0.3 is 0 Å². The van der Waals surface area contributed by atoms with E-state index >= 15 is 0 Å². The Morgan fingerprint density at radius 3 is 2.93 bits per heavy atom. The van der Waals surface area contributed by atoms with E-state index in [0.717, 1.165) is 48.9 Å². The molecule has 6 heteroatoms. The number of fused-ring (bicyclic) bond motifs is 2. The van der Waals surface area contributed by atoms with Crippen molar-refractivity contribution in [3.63, 3.8) is 0 Å². The summed E-state index contributed by atoms with van der Waals surface area (Å²) in [5.74, 6) is 1.40. The van der Waals surface area contributed by atoms with Crippen LogP contribution < -0.4 is 10.1 Å². The maximum absolute atomic E-state index is 13.9. The Balaban J connectivity index is 1.47. The van der Waals surface area contributed by atoms with Crippen LogP contribution in [-0.2, 0) is 30.7 Å². The van der Waals surface area contributed by atoms with Gasteiger partial charge in [-0.25, -0.2) is 4.39 Å². The van der Waals surface area contributed by atoms with Crippen LogP contribution in [0.15, 0.2) is 41.4 Å². The summed E-state index contributed by atoms with van der Waals surface area (Å²) in [5, 5.41) is 3.39. The number of benzene rings is 2. The summed E-state index contributed by atoms with van der Waals surface area (Å²) in [7, 11) is 0. The van der Waals surface area contributed by atoms with Crippen molar-refractivity contribution in [2.45, 2.75) is 32.9 Å². The molecule has 0 fully saturated rings. The third kappa shape index (κ3) is 4.12. The number of aliphatic imine (C=N–C) groups is 1. The van der Waals surface area contributed by atoms with Crippen LogP contribution in [0.25, 0.3) is 0 Å². The SMILES string of the molecule is CCNC(=NCCc1cc(F)cc2c1OCOC2)N1CCc2ccccc2C1. The van der Waals surface area contributed by atoms with Crippen molar-refractivity contribution in [2.75, 3.05) is 26.4 Å². The fourth-order valence-electron chi connectivity index (χ4n) is 3.83. The first-order valence-electron chi connectivity index (χ1n) is 9.86. The second kappa shape index (κ2) is 8.61. The van der Waals surface area contributed by atoms with Crippen molar-refractivity contribution in [3.05, 3.63) is 64.5 Å². The highest BCUT2D eigenvalue weighted by Gasteiger charge is 2.19. The average molecular weight is 383 g/mol. The van der Waals surface area contributed by atoms with Crippen LogP contribution in [0, 0.1) is 5.82 Å². The van der Waals surface area contributed by atoms with Gasteiger partial charge in [0.2, 0.25) is 0 Å². The Bertz CT molecular complexity index is 869. The molecule has 4 rings (SSSR count). The van der Waals surface area contributed by atoms with Gasteiger partial charge < -0.3 is 19.7 Å². The molecule has 1 N–H and O–H groups in total. The van der Waals surface area contributed by atoms with Gasteiger partial charge in [-0.15, -0.1) is 0 Å². The molecule has 2 aromatic rings. The van der Waals surface area contributed by atoms with Gasteiger partial charge in [0.1, 0.15) is 11.6 Å². The van der Waals surface area contributed by atoms with Crippen LogP contribution in [0.2, 0.25) is 0 Å². The molecule has 2 aromatic carbocycles. The van der Waals surface area contributed by atoms with Gasteiger partial charge in [-0.2, -0.15) is 0 Å². The normalized spacial score (nSPS) is 16.2. The number of hydrogen-bond acceptors (Lipinski definition) is 3. The lowest BCUT2D eigenvalue weighted by Crippen LogP contribution is -2.44. The van der Waals surface area contributed by atoms with Crippen LogP contribution in [0.3, 0.4) is 0 Å². The van der Waals surface area contributed by atoms with Crippen LogP contribution in [-0.4, -0.2) is 37.3 Å². The van der Waals surface area contributed by atoms with Gasteiger partial charge in [0.05, 0.1) is 6.61 Å². The third-order valence-corrected chi connectivity index (χ3v) is 5.16. The molecule has 0 saturated carbocycles. The molecule has 2 aliphatic rings. The van der Waals surface area contributed by atoms with E-state index in [-0.39, 0.29) is 12.6 Å². The Hall–Kier alpha value is -2.60. The first-order valence-corrected chi connectivity index (χ1v) is 9.86. The van der Waals surface area contributed by atoms with Crippen LogP contribution in [0.4, 0.5) is 4.39 Å². The first kappa shape index (κ1) is 18.7. The van der Waals surface area contributed by atoms with E-state index < -0.39 is 0 Å². The molecule has 28 heavy (non-hydrogen) atoms. The number of nitrogens with one attached hydrogen (secondary N) is 1.